The first-order valence-corrected chi connectivity index (χ1v) is 11.3. The summed E-state index contributed by atoms with van der Waals surface area (Å²) in [6.45, 7) is 3.91. The van der Waals surface area contributed by atoms with Crippen molar-refractivity contribution in [3.05, 3.63) is 64.7 Å². The number of likely N-dealkylation sites (tertiary alicyclic amines) is 1. The predicted molar refractivity (Wildman–Crippen MR) is 123 cm³/mol. The van der Waals surface area contributed by atoms with Crippen LogP contribution in [0.2, 0.25) is 0 Å². The average Bonchev–Trinajstić information content (AvgIpc) is 3.09. The molecule has 4 rings (SSSR count). The van der Waals surface area contributed by atoms with Crippen molar-refractivity contribution in [3.63, 3.8) is 0 Å². The van der Waals surface area contributed by atoms with Crippen molar-refractivity contribution in [3.8, 4) is 11.5 Å². The molecule has 2 aromatic carbocycles. The van der Waals surface area contributed by atoms with Gasteiger partial charge >= 0.3 is 0 Å². The fourth-order valence-corrected chi connectivity index (χ4v) is 4.41. The van der Waals surface area contributed by atoms with Crippen LogP contribution in [0, 0.1) is 0 Å². The molecule has 0 radical (unpaired) electrons. The largest absolute Gasteiger partial charge is 0.507 e. The zero-order valence-electron chi connectivity index (χ0n) is 19.0. The zero-order chi connectivity index (χ0) is 23.4. The lowest BCUT2D eigenvalue weighted by Crippen LogP contribution is -2.31. The Morgan fingerprint density at radius 3 is 2.70 bits per heavy atom. The summed E-state index contributed by atoms with van der Waals surface area (Å²) in [4.78, 5) is 27.6. The second-order valence-corrected chi connectivity index (χ2v) is 8.12. The smallest absolute Gasteiger partial charge is 0.295 e. The summed E-state index contributed by atoms with van der Waals surface area (Å²) in [5.41, 5.74) is 2.32. The third-order valence-electron chi connectivity index (χ3n) is 5.98. The maximum atomic E-state index is 13.1. The van der Waals surface area contributed by atoms with E-state index in [2.05, 4.69) is 0 Å². The van der Waals surface area contributed by atoms with Crippen molar-refractivity contribution in [1.82, 2.24) is 4.90 Å². The first-order chi connectivity index (χ1) is 16.0. The van der Waals surface area contributed by atoms with E-state index in [-0.39, 0.29) is 11.3 Å². The number of amides is 1. The molecule has 0 bridgehead atoms. The molecule has 2 heterocycles. The van der Waals surface area contributed by atoms with Gasteiger partial charge in [-0.3, -0.25) is 9.59 Å². The molecule has 0 saturated carbocycles. The number of rotatable bonds is 8. The minimum atomic E-state index is -0.690. The Balaban J connectivity index is 1.77. The molecule has 7 nitrogen and oxygen atoms in total. The molecule has 174 valence electrons. The number of benzene rings is 2. The lowest BCUT2D eigenvalue weighted by Gasteiger charge is -2.25. The van der Waals surface area contributed by atoms with Gasteiger partial charge < -0.3 is 24.2 Å². The van der Waals surface area contributed by atoms with Crippen LogP contribution in [0.25, 0.3) is 5.76 Å². The van der Waals surface area contributed by atoms with Gasteiger partial charge in [0.2, 0.25) is 0 Å². The van der Waals surface area contributed by atoms with Gasteiger partial charge in [0.1, 0.15) is 17.3 Å². The molecule has 2 aliphatic rings. The van der Waals surface area contributed by atoms with Crippen LogP contribution in [0.3, 0.4) is 0 Å². The Hall–Kier alpha value is -3.32. The van der Waals surface area contributed by atoms with E-state index >= 15 is 0 Å². The van der Waals surface area contributed by atoms with Crippen molar-refractivity contribution in [2.45, 2.75) is 32.2 Å². The molecule has 0 spiro atoms. The molecular formula is C26H29NO6. The molecule has 0 aromatic heterocycles. The molecule has 1 saturated heterocycles. The molecule has 1 fully saturated rings. The summed E-state index contributed by atoms with van der Waals surface area (Å²) < 4.78 is 16.3. The van der Waals surface area contributed by atoms with E-state index in [9.17, 15) is 14.7 Å². The monoisotopic (exact) mass is 451 g/mol. The molecule has 1 amide bonds. The number of methoxy groups -OCH3 is 1. The van der Waals surface area contributed by atoms with Crippen LogP contribution in [0.15, 0.2) is 48.0 Å². The Bertz CT molecular complexity index is 1060. The third kappa shape index (κ3) is 4.59. The Morgan fingerprint density at radius 1 is 1.18 bits per heavy atom. The maximum Gasteiger partial charge on any atom is 0.295 e. The summed E-state index contributed by atoms with van der Waals surface area (Å²) in [5, 5.41) is 11.3. The summed E-state index contributed by atoms with van der Waals surface area (Å²) in [6, 6.07) is 12.0. The SMILES string of the molecule is CCOc1ccc(C2/C(=C(/O)c3ccc4c(c3)CCCO4)C(=O)C(=O)N2CCCOC)cc1. The lowest BCUT2D eigenvalue weighted by atomic mass is 9.94. The van der Waals surface area contributed by atoms with Crippen molar-refractivity contribution in [1.29, 1.82) is 0 Å². The fourth-order valence-electron chi connectivity index (χ4n) is 4.41. The fraction of sp³-hybridized carbons (Fsp3) is 0.385. The normalized spacial score (nSPS) is 19.3. The summed E-state index contributed by atoms with van der Waals surface area (Å²) in [5.74, 6) is 0.0219. The van der Waals surface area contributed by atoms with Crippen LogP contribution in [0.5, 0.6) is 11.5 Å². The van der Waals surface area contributed by atoms with Gasteiger partial charge in [0.25, 0.3) is 11.7 Å². The van der Waals surface area contributed by atoms with Crippen molar-refractivity contribution >= 4 is 17.4 Å². The molecule has 1 N–H and O–H groups in total. The molecule has 2 aromatic rings. The highest BCUT2D eigenvalue weighted by molar-refractivity contribution is 6.46. The number of aliphatic hydroxyl groups is 1. The molecule has 2 aliphatic heterocycles. The van der Waals surface area contributed by atoms with E-state index < -0.39 is 17.7 Å². The van der Waals surface area contributed by atoms with Gasteiger partial charge in [-0.1, -0.05) is 12.1 Å². The van der Waals surface area contributed by atoms with Crippen LogP contribution >= 0.6 is 0 Å². The Labute approximate surface area is 193 Å². The van der Waals surface area contributed by atoms with Gasteiger partial charge in [-0.15, -0.1) is 0 Å². The van der Waals surface area contributed by atoms with Crippen LogP contribution in [-0.4, -0.2) is 55.2 Å². The van der Waals surface area contributed by atoms with Crippen LogP contribution in [0.1, 0.15) is 42.5 Å². The Morgan fingerprint density at radius 2 is 1.97 bits per heavy atom. The summed E-state index contributed by atoms with van der Waals surface area (Å²) in [7, 11) is 1.60. The number of fused-ring (bicyclic) bond motifs is 1. The minimum Gasteiger partial charge on any atom is -0.507 e. The standard InChI is InChI=1S/C26H29NO6/c1-3-32-20-10-7-17(8-11-20)23-22(25(29)26(30)27(23)13-5-14-31-2)24(28)19-9-12-21-18(16-19)6-4-15-33-21/h7-12,16,23,28H,3-6,13-15H2,1-2H3/b24-22-. The highest BCUT2D eigenvalue weighted by Crippen LogP contribution is 2.40. The van der Waals surface area contributed by atoms with Gasteiger partial charge in [0, 0.05) is 25.8 Å². The topological polar surface area (TPSA) is 85.3 Å². The van der Waals surface area contributed by atoms with E-state index in [0.29, 0.717) is 44.1 Å². The van der Waals surface area contributed by atoms with Crippen molar-refractivity contribution in [2.24, 2.45) is 0 Å². The van der Waals surface area contributed by atoms with Crippen LogP contribution in [0.4, 0.5) is 0 Å². The predicted octanol–water partition coefficient (Wildman–Crippen LogP) is 3.87. The van der Waals surface area contributed by atoms with Gasteiger partial charge in [0.05, 0.1) is 24.8 Å². The van der Waals surface area contributed by atoms with Gasteiger partial charge in [-0.2, -0.15) is 0 Å². The van der Waals surface area contributed by atoms with E-state index in [4.69, 9.17) is 14.2 Å². The minimum absolute atomic E-state index is 0.0956. The van der Waals surface area contributed by atoms with E-state index in [1.165, 1.54) is 4.90 Å². The van der Waals surface area contributed by atoms with E-state index in [1.54, 1.807) is 13.2 Å². The highest BCUT2D eigenvalue weighted by atomic mass is 16.5. The second kappa shape index (κ2) is 10.1. The first-order valence-electron chi connectivity index (χ1n) is 11.3. The number of nitrogens with zero attached hydrogens (tertiary/aromatic N) is 1. The van der Waals surface area contributed by atoms with Crippen LogP contribution < -0.4 is 9.47 Å². The molecule has 7 heteroatoms. The third-order valence-corrected chi connectivity index (χ3v) is 5.98. The molecular weight excluding hydrogens is 422 g/mol. The van der Waals surface area contributed by atoms with Gasteiger partial charge in [-0.05, 0) is 67.6 Å². The summed E-state index contributed by atoms with van der Waals surface area (Å²) >= 11 is 0. The number of Topliss-reactive ketones (excluding diaryl/α,β-unsaturated/α-hetero) is 1. The van der Waals surface area contributed by atoms with Crippen molar-refractivity contribution in [2.75, 3.05) is 33.5 Å². The van der Waals surface area contributed by atoms with Gasteiger partial charge in [0.15, 0.2) is 0 Å². The number of carbonyl (C=O) groups is 2. The second-order valence-electron chi connectivity index (χ2n) is 8.12. The van der Waals surface area contributed by atoms with Gasteiger partial charge in [-0.25, -0.2) is 0 Å². The quantitative estimate of drug-likeness (QED) is 0.284. The maximum absolute atomic E-state index is 13.1. The number of hydrogen-bond acceptors (Lipinski definition) is 6. The number of ether oxygens (including phenoxy) is 3. The average molecular weight is 452 g/mol. The first kappa shape index (κ1) is 22.9. The molecule has 33 heavy (non-hydrogen) atoms. The molecule has 1 unspecified atom stereocenters. The molecule has 0 aliphatic carbocycles. The lowest BCUT2D eigenvalue weighted by molar-refractivity contribution is -0.140. The van der Waals surface area contributed by atoms with Crippen LogP contribution in [-0.2, 0) is 20.7 Å². The van der Waals surface area contributed by atoms with E-state index in [0.717, 1.165) is 29.7 Å². The van der Waals surface area contributed by atoms with Crippen molar-refractivity contribution < 1.29 is 28.9 Å². The number of hydrogen-bond donors (Lipinski definition) is 1. The highest BCUT2D eigenvalue weighted by Gasteiger charge is 2.45. The van der Waals surface area contributed by atoms with E-state index in [1.807, 2.05) is 43.3 Å². The number of carbonyl (C=O) groups excluding carboxylic acids is 2. The summed E-state index contributed by atoms with van der Waals surface area (Å²) in [6.07, 6.45) is 2.31. The zero-order valence-corrected chi connectivity index (χ0v) is 19.0. The number of aryl methyl sites for hydroxylation is 1. The Kier molecular flexibility index (Phi) is 6.99. The molecule has 1 atom stereocenters. The number of aliphatic hydroxyl groups excluding tert-OH is 1. The number of ketones is 1.